The van der Waals surface area contributed by atoms with Crippen LogP contribution in [0.15, 0.2) is 24.3 Å². The molecular formula is C17H26N2O2. The van der Waals surface area contributed by atoms with Gasteiger partial charge in [-0.1, -0.05) is 24.6 Å². The van der Waals surface area contributed by atoms with Gasteiger partial charge in [0.05, 0.1) is 6.10 Å². The van der Waals surface area contributed by atoms with E-state index in [4.69, 9.17) is 0 Å². The first-order chi connectivity index (χ1) is 10.0. The molecule has 116 valence electrons. The van der Waals surface area contributed by atoms with E-state index >= 15 is 0 Å². The third kappa shape index (κ3) is 5.14. The molecule has 1 aromatic rings. The summed E-state index contributed by atoms with van der Waals surface area (Å²) in [7, 11) is 0. The Morgan fingerprint density at radius 1 is 1.33 bits per heavy atom. The van der Waals surface area contributed by atoms with Gasteiger partial charge in [-0.05, 0) is 50.9 Å². The third-order valence-corrected chi connectivity index (χ3v) is 4.16. The van der Waals surface area contributed by atoms with Gasteiger partial charge in [0, 0.05) is 18.7 Å². The second-order valence-corrected chi connectivity index (χ2v) is 6.21. The van der Waals surface area contributed by atoms with Crippen molar-refractivity contribution in [2.75, 3.05) is 26.2 Å². The van der Waals surface area contributed by atoms with Crippen LogP contribution >= 0.6 is 0 Å². The number of β-amino-alcohol motifs (C(OH)–C–C–N with tert-alkyl or cyclic N) is 1. The van der Waals surface area contributed by atoms with Crippen molar-refractivity contribution in [1.29, 1.82) is 0 Å². The number of piperidine rings is 1. The van der Waals surface area contributed by atoms with Crippen LogP contribution in [0, 0.1) is 12.8 Å². The van der Waals surface area contributed by atoms with E-state index < -0.39 is 6.10 Å². The van der Waals surface area contributed by atoms with E-state index in [1.54, 1.807) is 0 Å². The number of amides is 1. The zero-order valence-electron chi connectivity index (χ0n) is 13.0. The Hall–Kier alpha value is -1.39. The fraction of sp³-hybridized carbons (Fsp3) is 0.588. The van der Waals surface area contributed by atoms with Crippen molar-refractivity contribution in [3.8, 4) is 0 Å². The Kier molecular flexibility index (Phi) is 5.76. The van der Waals surface area contributed by atoms with E-state index in [0.29, 0.717) is 18.7 Å². The number of likely N-dealkylation sites (tertiary alicyclic amines) is 1. The minimum atomic E-state index is -0.507. The lowest BCUT2D eigenvalue weighted by atomic mass is 9.99. The maximum atomic E-state index is 12.0. The first kappa shape index (κ1) is 16.0. The van der Waals surface area contributed by atoms with E-state index in [0.717, 1.165) is 24.6 Å². The number of carbonyl (C=O) groups is 1. The molecular weight excluding hydrogens is 264 g/mol. The summed E-state index contributed by atoms with van der Waals surface area (Å²) in [6, 6.07) is 7.45. The highest BCUT2D eigenvalue weighted by Crippen LogP contribution is 2.15. The number of aryl methyl sites for hydroxylation is 1. The fourth-order valence-electron chi connectivity index (χ4n) is 2.62. The fourth-order valence-corrected chi connectivity index (χ4v) is 2.62. The van der Waals surface area contributed by atoms with E-state index in [9.17, 15) is 9.90 Å². The van der Waals surface area contributed by atoms with Gasteiger partial charge in [0.25, 0.3) is 5.91 Å². The largest absolute Gasteiger partial charge is 0.390 e. The quantitative estimate of drug-likeness (QED) is 0.869. The van der Waals surface area contributed by atoms with Crippen LogP contribution in [0.5, 0.6) is 0 Å². The molecule has 1 aliphatic rings. The van der Waals surface area contributed by atoms with Gasteiger partial charge in [-0.15, -0.1) is 0 Å². The number of nitrogens with zero attached hydrogens (tertiary/aromatic N) is 1. The Labute approximate surface area is 127 Å². The Morgan fingerprint density at radius 3 is 2.57 bits per heavy atom. The first-order valence-electron chi connectivity index (χ1n) is 7.80. The second kappa shape index (κ2) is 7.57. The van der Waals surface area contributed by atoms with Crippen molar-refractivity contribution >= 4 is 5.91 Å². The SMILES string of the molecule is Cc1ccc(C(=O)NCC(O)CN2CCC(C)CC2)cc1. The predicted molar refractivity (Wildman–Crippen MR) is 84.4 cm³/mol. The molecule has 1 unspecified atom stereocenters. The van der Waals surface area contributed by atoms with Gasteiger partial charge in [0.2, 0.25) is 0 Å². The summed E-state index contributed by atoms with van der Waals surface area (Å²) in [5, 5.41) is 12.9. The second-order valence-electron chi connectivity index (χ2n) is 6.21. The Bertz CT molecular complexity index is 450. The van der Waals surface area contributed by atoms with Crippen LogP contribution in [-0.4, -0.2) is 48.2 Å². The van der Waals surface area contributed by atoms with Crippen LogP contribution < -0.4 is 5.32 Å². The van der Waals surface area contributed by atoms with Gasteiger partial charge >= 0.3 is 0 Å². The molecule has 0 radical (unpaired) electrons. The molecule has 1 atom stereocenters. The molecule has 4 nitrogen and oxygen atoms in total. The maximum Gasteiger partial charge on any atom is 0.251 e. The molecule has 0 aliphatic carbocycles. The molecule has 1 saturated heterocycles. The molecule has 1 fully saturated rings. The summed E-state index contributed by atoms with van der Waals surface area (Å²) >= 11 is 0. The monoisotopic (exact) mass is 290 g/mol. The highest BCUT2D eigenvalue weighted by atomic mass is 16.3. The summed E-state index contributed by atoms with van der Waals surface area (Å²) < 4.78 is 0. The van der Waals surface area contributed by atoms with Gasteiger partial charge in [0.1, 0.15) is 0 Å². The number of hydrogen-bond acceptors (Lipinski definition) is 3. The molecule has 21 heavy (non-hydrogen) atoms. The van der Waals surface area contributed by atoms with Crippen LogP contribution in [0.4, 0.5) is 0 Å². The molecule has 1 amide bonds. The van der Waals surface area contributed by atoms with Gasteiger partial charge in [-0.3, -0.25) is 4.79 Å². The number of aliphatic hydroxyl groups is 1. The van der Waals surface area contributed by atoms with Crippen molar-refractivity contribution in [3.63, 3.8) is 0 Å². The average Bonchev–Trinajstić information content (AvgIpc) is 2.48. The summed E-state index contributed by atoms with van der Waals surface area (Å²) in [6.07, 6.45) is 1.89. The molecule has 1 aliphatic heterocycles. The predicted octanol–water partition coefficient (Wildman–Crippen LogP) is 1.82. The van der Waals surface area contributed by atoms with Gasteiger partial charge < -0.3 is 15.3 Å². The highest BCUT2D eigenvalue weighted by molar-refractivity contribution is 5.94. The number of rotatable bonds is 5. The number of nitrogens with one attached hydrogen (secondary N) is 1. The molecule has 0 bridgehead atoms. The summed E-state index contributed by atoms with van der Waals surface area (Å²) in [4.78, 5) is 14.2. The minimum absolute atomic E-state index is 0.124. The zero-order chi connectivity index (χ0) is 15.2. The lowest BCUT2D eigenvalue weighted by Gasteiger charge is -2.31. The lowest BCUT2D eigenvalue weighted by Crippen LogP contribution is -2.43. The number of aliphatic hydroxyl groups excluding tert-OH is 1. The maximum absolute atomic E-state index is 12.0. The van der Waals surface area contributed by atoms with Crippen LogP contribution in [-0.2, 0) is 0 Å². The highest BCUT2D eigenvalue weighted by Gasteiger charge is 2.18. The molecule has 0 saturated carbocycles. The Morgan fingerprint density at radius 2 is 1.95 bits per heavy atom. The van der Waals surface area contributed by atoms with Crippen molar-refractivity contribution in [1.82, 2.24) is 10.2 Å². The minimum Gasteiger partial charge on any atom is -0.390 e. The third-order valence-electron chi connectivity index (χ3n) is 4.16. The van der Waals surface area contributed by atoms with Crippen molar-refractivity contribution < 1.29 is 9.90 Å². The van der Waals surface area contributed by atoms with Gasteiger partial charge in [-0.2, -0.15) is 0 Å². The smallest absolute Gasteiger partial charge is 0.251 e. The zero-order valence-corrected chi connectivity index (χ0v) is 13.0. The number of carbonyl (C=O) groups excluding carboxylic acids is 1. The molecule has 1 heterocycles. The van der Waals surface area contributed by atoms with E-state index in [1.165, 1.54) is 12.8 Å². The average molecular weight is 290 g/mol. The van der Waals surface area contributed by atoms with Crippen LogP contribution in [0.3, 0.4) is 0 Å². The van der Waals surface area contributed by atoms with E-state index in [2.05, 4.69) is 17.1 Å². The van der Waals surface area contributed by atoms with E-state index in [-0.39, 0.29) is 5.91 Å². The summed E-state index contributed by atoms with van der Waals surface area (Å²) in [6.45, 7) is 7.30. The van der Waals surface area contributed by atoms with Crippen LogP contribution in [0.2, 0.25) is 0 Å². The van der Waals surface area contributed by atoms with Gasteiger partial charge in [-0.25, -0.2) is 0 Å². The van der Waals surface area contributed by atoms with Crippen LogP contribution in [0.25, 0.3) is 0 Å². The molecule has 0 spiro atoms. The van der Waals surface area contributed by atoms with Crippen molar-refractivity contribution in [2.45, 2.75) is 32.8 Å². The lowest BCUT2D eigenvalue weighted by molar-refractivity contribution is 0.0795. The molecule has 0 aromatic heterocycles. The molecule has 1 aromatic carbocycles. The Balaban J connectivity index is 1.72. The topological polar surface area (TPSA) is 52.6 Å². The number of benzene rings is 1. The van der Waals surface area contributed by atoms with E-state index in [1.807, 2.05) is 31.2 Å². The standard InChI is InChI=1S/C17H26N2O2/c1-13-3-5-15(6-4-13)17(21)18-11-16(20)12-19-9-7-14(2)8-10-19/h3-6,14,16,20H,7-12H2,1-2H3,(H,18,21). The van der Waals surface area contributed by atoms with Crippen molar-refractivity contribution in [2.24, 2.45) is 5.92 Å². The molecule has 2 rings (SSSR count). The van der Waals surface area contributed by atoms with Crippen molar-refractivity contribution in [3.05, 3.63) is 35.4 Å². The van der Waals surface area contributed by atoms with Gasteiger partial charge in [0.15, 0.2) is 0 Å². The number of hydrogen-bond donors (Lipinski definition) is 2. The normalized spacial score (nSPS) is 18.4. The summed E-state index contributed by atoms with van der Waals surface area (Å²) in [5.74, 6) is 0.668. The molecule has 4 heteroatoms. The molecule has 2 N–H and O–H groups in total. The van der Waals surface area contributed by atoms with Crippen LogP contribution in [0.1, 0.15) is 35.7 Å². The first-order valence-corrected chi connectivity index (χ1v) is 7.80. The summed E-state index contributed by atoms with van der Waals surface area (Å²) in [5.41, 5.74) is 1.77.